The number of allylic oxidation sites excluding steroid dienone is 1. The van der Waals surface area contributed by atoms with Gasteiger partial charge in [0.05, 0.1) is 12.6 Å². The van der Waals surface area contributed by atoms with Crippen LogP contribution in [0.1, 0.15) is 34.1 Å². The van der Waals surface area contributed by atoms with E-state index in [0.717, 1.165) is 6.42 Å². The largest absolute Gasteiger partial charge is 0.465 e. The highest BCUT2D eigenvalue weighted by atomic mass is 16.5. The summed E-state index contributed by atoms with van der Waals surface area (Å²) in [5, 5.41) is 9.27. The Morgan fingerprint density at radius 2 is 2.25 bits per heavy atom. The number of carbonyl (C=O) groups is 1. The SMILES string of the molecule is C=CCC(C)(C)C1COC(C)(C)N1C(=O)O. The Morgan fingerprint density at radius 1 is 1.69 bits per heavy atom. The Hall–Kier alpha value is -1.03. The molecule has 1 aliphatic rings. The van der Waals surface area contributed by atoms with Crippen LogP contribution >= 0.6 is 0 Å². The molecule has 0 aliphatic carbocycles. The first kappa shape index (κ1) is 13.0. The molecule has 1 unspecified atom stereocenters. The molecule has 0 spiro atoms. The van der Waals surface area contributed by atoms with Crippen LogP contribution in [-0.4, -0.2) is 34.5 Å². The number of carboxylic acid groups (broad SMARTS) is 1. The molecule has 1 heterocycles. The summed E-state index contributed by atoms with van der Waals surface area (Å²) in [5.74, 6) is 0. The van der Waals surface area contributed by atoms with Crippen molar-refractivity contribution in [2.75, 3.05) is 6.61 Å². The second-order valence-corrected chi connectivity index (χ2v) is 5.41. The minimum atomic E-state index is -0.926. The minimum Gasteiger partial charge on any atom is -0.465 e. The number of rotatable bonds is 3. The van der Waals surface area contributed by atoms with E-state index in [1.54, 1.807) is 13.8 Å². The lowest BCUT2D eigenvalue weighted by atomic mass is 9.81. The van der Waals surface area contributed by atoms with Gasteiger partial charge in [0.15, 0.2) is 0 Å². The Balaban J connectivity index is 2.97. The maximum absolute atomic E-state index is 11.3. The van der Waals surface area contributed by atoms with E-state index < -0.39 is 11.8 Å². The van der Waals surface area contributed by atoms with Crippen molar-refractivity contribution < 1.29 is 14.6 Å². The summed E-state index contributed by atoms with van der Waals surface area (Å²) in [7, 11) is 0. The van der Waals surface area contributed by atoms with Crippen LogP contribution in [0.3, 0.4) is 0 Å². The number of hydrogen-bond acceptors (Lipinski definition) is 2. The quantitative estimate of drug-likeness (QED) is 0.754. The first-order valence-electron chi connectivity index (χ1n) is 5.49. The molecule has 0 radical (unpaired) electrons. The minimum absolute atomic E-state index is 0.127. The summed E-state index contributed by atoms with van der Waals surface area (Å²) in [6, 6.07) is -0.127. The summed E-state index contributed by atoms with van der Waals surface area (Å²) < 4.78 is 5.57. The summed E-state index contributed by atoms with van der Waals surface area (Å²) in [5.41, 5.74) is -0.900. The van der Waals surface area contributed by atoms with Gasteiger partial charge in [-0.25, -0.2) is 4.79 Å². The van der Waals surface area contributed by atoms with E-state index in [-0.39, 0.29) is 11.5 Å². The summed E-state index contributed by atoms with van der Waals surface area (Å²) in [6.07, 6.45) is 1.66. The van der Waals surface area contributed by atoms with E-state index in [0.29, 0.717) is 6.61 Å². The molecule has 0 aromatic rings. The second-order valence-electron chi connectivity index (χ2n) is 5.41. The highest BCUT2D eigenvalue weighted by Crippen LogP contribution is 2.38. The zero-order valence-corrected chi connectivity index (χ0v) is 10.5. The number of nitrogens with zero attached hydrogens (tertiary/aromatic N) is 1. The molecule has 0 aromatic carbocycles. The molecule has 92 valence electrons. The van der Waals surface area contributed by atoms with Crippen LogP contribution in [-0.2, 0) is 4.74 Å². The van der Waals surface area contributed by atoms with Gasteiger partial charge in [-0.2, -0.15) is 0 Å². The summed E-state index contributed by atoms with van der Waals surface area (Å²) in [4.78, 5) is 12.7. The lowest BCUT2D eigenvalue weighted by Crippen LogP contribution is -2.52. The average Bonchev–Trinajstić information content (AvgIpc) is 2.41. The normalized spacial score (nSPS) is 24.5. The van der Waals surface area contributed by atoms with Crippen molar-refractivity contribution in [1.29, 1.82) is 0 Å². The highest BCUT2D eigenvalue weighted by Gasteiger charge is 2.49. The van der Waals surface area contributed by atoms with E-state index in [9.17, 15) is 9.90 Å². The maximum atomic E-state index is 11.3. The lowest BCUT2D eigenvalue weighted by molar-refractivity contribution is -0.0456. The zero-order chi connectivity index (χ0) is 12.6. The van der Waals surface area contributed by atoms with Crippen molar-refractivity contribution >= 4 is 6.09 Å². The predicted molar refractivity (Wildman–Crippen MR) is 62.3 cm³/mol. The van der Waals surface area contributed by atoms with Crippen molar-refractivity contribution in [3.63, 3.8) is 0 Å². The second kappa shape index (κ2) is 4.09. The van der Waals surface area contributed by atoms with Gasteiger partial charge in [0.25, 0.3) is 0 Å². The van der Waals surface area contributed by atoms with Crippen molar-refractivity contribution in [3.8, 4) is 0 Å². The number of hydrogen-bond donors (Lipinski definition) is 1. The van der Waals surface area contributed by atoms with Gasteiger partial charge in [0, 0.05) is 0 Å². The molecule has 1 amide bonds. The van der Waals surface area contributed by atoms with Crippen LogP contribution < -0.4 is 0 Å². The van der Waals surface area contributed by atoms with Gasteiger partial charge >= 0.3 is 6.09 Å². The van der Waals surface area contributed by atoms with Crippen molar-refractivity contribution in [2.24, 2.45) is 5.41 Å². The first-order chi connectivity index (χ1) is 7.22. The van der Waals surface area contributed by atoms with Crippen LogP contribution in [0.25, 0.3) is 0 Å². The Bertz CT molecular complexity index is 297. The summed E-state index contributed by atoms with van der Waals surface area (Å²) >= 11 is 0. The Labute approximate surface area is 96.9 Å². The monoisotopic (exact) mass is 227 g/mol. The van der Waals surface area contributed by atoms with Crippen LogP contribution in [0.5, 0.6) is 0 Å². The molecule has 1 N–H and O–H groups in total. The van der Waals surface area contributed by atoms with Crippen LogP contribution in [0.4, 0.5) is 4.79 Å². The van der Waals surface area contributed by atoms with E-state index in [2.05, 4.69) is 6.58 Å². The van der Waals surface area contributed by atoms with Crippen LogP contribution in [0, 0.1) is 5.41 Å². The molecule has 0 aromatic heterocycles. The number of ether oxygens (including phenoxy) is 1. The molecular weight excluding hydrogens is 206 g/mol. The van der Waals surface area contributed by atoms with Gasteiger partial charge < -0.3 is 9.84 Å². The molecule has 1 saturated heterocycles. The Kier molecular flexibility index (Phi) is 3.33. The molecule has 1 atom stereocenters. The van der Waals surface area contributed by atoms with E-state index in [1.807, 2.05) is 19.9 Å². The average molecular weight is 227 g/mol. The zero-order valence-electron chi connectivity index (χ0n) is 10.5. The third-order valence-corrected chi connectivity index (χ3v) is 3.26. The molecule has 4 heteroatoms. The first-order valence-corrected chi connectivity index (χ1v) is 5.49. The standard InChI is InChI=1S/C12H21NO3/c1-6-7-11(2,3)9-8-16-12(4,5)13(9)10(14)15/h6,9H,1,7-8H2,2-5H3,(H,14,15). The predicted octanol–water partition coefficient (Wildman–Crippen LogP) is 2.70. The van der Waals surface area contributed by atoms with Gasteiger partial charge in [0.2, 0.25) is 0 Å². The van der Waals surface area contributed by atoms with Gasteiger partial charge in [0.1, 0.15) is 5.72 Å². The third-order valence-electron chi connectivity index (χ3n) is 3.26. The van der Waals surface area contributed by atoms with Gasteiger partial charge in [-0.05, 0) is 25.7 Å². The molecule has 1 aliphatic heterocycles. The van der Waals surface area contributed by atoms with Crippen molar-refractivity contribution in [1.82, 2.24) is 4.90 Å². The molecule has 16 heavy (non-hydrogen) atoms. The highest BCUT2D eigenvalue weighted by molar-refractivity contribution is 5.66. The van der Waals surface area contributed by atoms with Gasteiger partial charge in [-0.1, -0.05) is 19.9 Å². The topological polar surface area (TPSA) is 49.8 Å². The molecule has 1 rings (SSSR count). The van der Waals surface area contributed by atoms with Crippen molar-refractivity contribution in [2.45, 2.75) is 45.9 Å². The van der Waals surface area contributed by atoms with E-state index >= 15 is 0 Å². The molecule has 0 bridgehead atoms. The third kappa shape index (κ3) is 2.21. The fourth-order valence-corrected chi connectivity index (χ4v) is 2.25. The van der Waals surface area contributed by atoms with Gasteiger partial charge in [-0.15, -0.1) is 6.58 Å². The summed E-state index contributed by atoms with van der Waals surface area (Å²) in [6.45, 7) is 11.8. The van der Waals surface area contributed by atoms with Gasteiger partial charge in [-0.3, -0.25) is 4.90 Å². The molecule has 0 saturated carbocycles. The number of amides is 1. The molecular formula is C12H21NO3. The van der Waals surface area contributed by atoms with Crippen LogP contribution in [0.2, 0.25) is 0 Å². The lowest BCUT2D eigenvalue weighted by Gasteiger charge is -2.38. The fraction of sp³-hybridized carbons (Fsp3) is 0.750. The molecule has 4 nitrogen and oxygen atoms in total. The fourth-order valence-electron chi connectivity index (χ4n) is 2.25. The van der Waals surface area contributed by atoms with E-state index in [4.69, 9.17) is 4.74 Å². The van der Waals surface area contributed by atoms with Crippen molar-refractivity contribution in [3.05, 3.63) is 12.7 Å². The van der Waals surface area contributed by atoms with E-state index in [1.165, 1.54) is 4.90 Å². The maximum Gasteiger partial charge on any atom is 0.409 e. The smallest absolute Gasteiger partial charge is 0.409 e. The van der Waals surface area contributed by atoms with Crippen LogP contribution in [0.15, 0.2) is 12.7 Å². The Morgan fingerprint density at radius 3 is 2.69 bits per heavy atom. The molecule has 1 fully saturated rings.